The molecule has 0 unspecified atom stereocenters. The summed E-state index contributed by atoms with van der Waals surface area (Å²) in [5, 5.41) is 0. The average Bonchev–Trinajstić information content (AvgIpc) is 2.47. The lowest BCUT2D eigenvalue weighted by molar-refractivity contribution is 0.511. The van der Waals surface area contributed by atoms with Gasteiger partial charge in [-0.2, -0.15) is 0 Å². The lowest BCUT2D eigenvalue weighted by Crippen LogP contribution is -2.01. The van der Waals surface area contributed by atoms with E-state index in [0.29, 0.717) is 5.56 Å². The van der Waals surface area contributed by atoms with Crippen LogP contribution in [0.25, 0.3) is 33.4 Å². The number of fused-ring (bicyclic) bond motifs is 4. The Kier molecular flexibility index (Phi) is 2.27. The van der Waals surface area contributed by atoms with Crippen molar-refractivity contribution in [1.29, 1.82) is 0 Å². The molecule has 0 aliphatic heterocycles. The lowest BCUT2D eigenvalue weighted by atomic mass is 9.76. The summed E-state index contributed by atoms with van der Waals surface area (Å²) in [6, 6.07) is 18.0. The predicted octanol–water partition coefficient (Wildman–Crippen LogP) is 5.28. The molecular formula is C18H10F2. The van der Waals surface area contributed by atoms with E-state index in [1.807, 2.05) is 42.5 Å². The molecule has 1 aliphatic carbocycles. The molecule has 1 aliphatic rings. The zero-order valence-corrected chi connectivity index (χ0v) is 10.5. The molecule has 96 valence electrons. The highest BCUT2D eigenvalue weighted by Crippen LogP contribution is 2.51. The van der Waals surface area contributed by atoms with Gasteiger partial charge >= 0.3 is 0 Å². The number of hydrogen-bond acceptors (Lipinski definition) is 0. The summed E-state index contributed by atoms with van der Waals surface area (Å²) < 4.78 is 27.5. The summed E-state index contributed by atoms with van der Waals surface area (Å²) in [7, 11) is 0. The molecule has 3 aromatic carbocycles. The third-order valence-corrected chi connectivity index (χ3v) is 3.79. The first-order valence-corrected chi connectivity index (χ1v) is 6.44. The van der Waals surface area contributed by atoms with Gasteiger partial charge in [0, 0.05) is 5.56 Å². The van der Waals surface area contributed by atoms with Crippen LogP contribution in [0.15, 0.2) is 60.7 Å². The molecule has 0 heterocycles. The Morgan fingerprint density at radius 2 is 1.05 bits per heavy atom. The first-order valence-electron chi connectivity index (χ1n) is 6.44. The SMILES string of the molecule is Fc1cccc(-c2cccc3c2-c2ccccc2-3)c1F. The summed E-state index contributed by atoms with van der Waals surface area (Å²) in [6.07, 6.45) is 0. The summed E-state index contributed by atoms with van der Waals surface area (Å²) in [5.41, 5.74) is 5.44. The highest BCUT2D eigenvalue weighted by Gasteiger charge is 2.26. The Morgan fingerprint density at radius 3 is 1.85 bits per heavy atom. The number of rotatable bonds is 1. The monoisotopic (exact) mass is 264 g/mol. The topological polar surface area (TPSA) is 0 Å². The van der Waals surface area contributed by atoms with Gasteiger partial charge in [0.15, 0.2) is 11.6 Å². The van der Waals surface area contributed by atoms with E-state index >= 15 is 0 Å². The Balaban J connectivity index is 1.99. The summed E-state index contributed by atoms with van der Waals surface area (Å²) in [4.78, 5) is 0. The van der Waals surface area contributed by atoms with Crippen LogP contribution >= 0.6 is 0 Å². The molecule has 0 aromatic heterocycles. The highest BCUT2D eigenvalue weighted by atomic mass is 19.2. The van der Waals surface area contributed by atoms with Crippen LogP contribution in [-0.2, 0) is 0 Å². The summed E-state index contributed by atoms with van der Waals surface area (Å²) in [5.74, 6) is -1.60. The van der Waals surface area contributed by atoms with Crippen LogP contribution in [-0.4, -0.2) is 0 Å². The summed E-state index contributed by atoms with van der Waals surface area (Å²) >= 11 is 0. The fourth-order valence-electron chi connectivity index (χ4n) is 2.88. The van der Waals surface area contributed by atoms with Crippen LogP contribution in [0.2, 0.25) is 0 Å². The van der Waals surface area contributed by atoms with E-state index in [4.69, 9.17) is 0 Å². The van der Waals surface area contributed by atoms with Crippen LogP contribution in [0.1, 0.15) is 0 Å². The van der Waals surface area contributed by atoms with Crippen molar-refractivity contribution in [3.63, 3.8) is 0 Å². The molecule has 0 fully saturated rings. The van der Waals surface area contributed by atoms with Crippen LogP contribution in [0.5, 0.6) is 0 Å². The fraction of sp³-hybridized carbons (Fsp3) is 0. The number of benzene rings is 3. The van der Waals surface area contributed by atoms with Gasteiger partial charge in [0.2, 0.25) is 0 Å². The van der Waals surface area contributed by atoms with Crippen LogP contribution in [0.3, 0.4) is 0 Å². The minimum atomic E-state index is -0.812. The Labute approximate surface area is 115 Å². The van der Waals surface area contributed by atoms with Crippen molar-refractivity contribution in [3.8, 4) is 33.4 Å². The molecule has 0 nitrogen and oxygen atoms in total. The fourth-order valence-corrected chi connectivity index (χ4v) is 2.88. The van der Waals surface area contributed by atoms with Crippen LogP contribution < -0.4 is 0 Å². The lowest BCUT2D eigenvalue weighted by Gasteiger charge is -2.26. The quantitative estimate of drug-likeness (QED) is 0.439. The summed E-state index contributed by atoms with van der Waals surface area (Å²) in [6.45, 7) is 0. The van der Waals surface area contributed by atoms with E-state index in [2.05, 4.69) is 0 Å². The zero-order chi connectivity index (χ0) is 13.7. The zero-order valence-electron chi connectivity index (χ0n) is 10.5. The van der Waals surface area contributed by atoms with E-state index in [0.717, 1.165) is 28.3 Å². The molecule has 0 saturated heterocycles. The second-order valence-electron chi connectivity index (χ2n) is 4.88. The largest absolute Gasteiger partial charge is 0.204 e. The molecule has 0 saturated carbocycles. The van der Waals surface area contributed by atoms with Crippen molar-refractivity contribution in [2.24, 2.45) is 0 Å². The van der Waals surface area contributed by atoms with Gasteiger partial charge in [-0.15, -0.1) is 0 Å². The van der Waals surface area contributed by atoms with Gasteiger partial charge in [0.05, 0.1) is 0 Å². The molecule has 3 aromatic rings. The maximum atomic E-state index is 14.0. The van der Waals surface area contributed by atoms with E-state index in [-0.39, 0.29) is 0 Å². The van der Waals surface area contributed by atoms with Crippen molar-refractivity contribution in [1.82, 2.24) is 0 Å². The number of hydrogen-bond donors (Lipinski definition) is 0. The molecule has 4 rings (SSSR count). The van der Waals surface area contributed by atoms with E-state index in [1.165, 1.54) is 11.6 Å². The van der Waals surface area contributed by atoms with E-state index in [9.17, 15) is 8.78 Å². The molecule has 0 radical (unpaired) electrons. The molecule has 0 bridgehead atoms. The predicted molar refractivity (Wildman–Crippen MR) is 76.2 cm³/mol. The normalized spacial score (nSPS) is 11.5. The minimum absolute atomic E-state index is 0.316. The van der Waals surface area contributed by atoms with Crippen molar-refractivity contribution in [3.05, 3.63) is 72.3 Å². The van der Waals surface area contributed by atoms with Gasteiger partial charge in [-0.3, -0.25) is 0 Å². The first-order chi connectivity index (χ1) is 9.77. The second-order valence-corrected chi connectivity index (χ2v) is 4.88. The van der Waals surface area contributed by atoms with Gasteiger partial charge in [0.1, 0.15) is 0 Å². The maximum absolute atomic E-state index is 14.0. The molecule has 20 heavy (non-hydrogen) atoms. The number of halogens is 2. The molecule has 2 heteroatoms. The van der Waals surface area contributed by atoms with Crippen molar-refractivity contribution in [2.75, 3.05) is 0 Å². The van der Waals surface area contributed by atoms with Gasteiger partial charge in [-0.25, -0.2) is 8.78 Å². The molecule has 0 atom stereocenters. The van der Waals surface area contributed by atoms with Crippen molar-refractivity contribution >= 4 is 0 Å². The Morgan fingerprint density at radius 1 is 0.500 bits per heavy atom. The standard InChI is InChI=1S/C18H10F2/c19-16-10-4-9-15(18(16)20)14-8-3-7-13-11-5-1-2-6-12(11)17(13)14/h1-10H. The molecule has 0 N–H and O–H groups in total. The van der Waals surface area contributed by atoms with Crippen molar-refractivity contribution < 1.29 is 8.78 Å². The Hall–Kier alpha value is -2.48. The van der Waals surface area contributed by atoms with Gasteiger partial charge in [-0.1, -0.05) is 54.6 Å². The van der Waals surface area contributed by atoms with Crippen molar-refractivity contribution in [2.45, 2.75) is 0 Å². The Bertz CT molecular complexity index is 835. The smallest absolute Gasteiger partial charge is 0.166 e. The van der Waals surface area contributed by atoms with Gasteiger partial charge in [0.25, 0.3) is 0 Å². The molecule has 0 amide bonds. The highest BCUT2D eigenvalue weighted by molar-refractivity contribution is 6.08. The second kappa shape index (κ2) is 4.01. The third kappa shape index (κ3) is 1.39. The van der Waals surface area contributed by atoms with E-state index < -0.39 is 11.6 Å². The van der Waals surface area contributed by atoms with E-state index in [1.54, 1.807) is 6.07 Å². The van der Waals surface area contributed by atoms with Gasteiger partial charge < -0.3 is 0 Å². The average molecular weight is 264 g/mol. The molecule has 0 spiro atoms. The van der Waals surface area contributed by atoms with Gasteiger partial charge in [-0.05, 0) is 33.9 Å². The van der Waals surface area contributed by atoms with Crippen LogP contribution in [0.4, 0.5) is 8.78 Å². The minimum Gasteiger partial charge on any atom is -0.204 e. The third-order valence-electron chi connectivity index (χ3n) is 3.79. The maximum Gasteiger partial charge on any atom is 0.166 e. The first kappa shape index (κ1) is 11.4. The van der Waals surface area contributed by atoms with Crippen LogP contribution in [0, 0.1) is 11.6 Å². The molecular weight excluding hydrogens is 254 g/mol.